The summed E-state index contributed by atoms with van der Waals surface area (Å²) in [6.07, 6.45) is 0. The van der Waals surface area contributed by atoms with Crippen LogP contribution in [0.25, 0.3) is 0 Å². The Morgan fingerprint density at radius 3 is 1.52 bits per heavy atom. The van der Waals surface area contributed by atoms with Crippen LogP contribution in [0, 0.1) is 13.8 Å². The minimum Gasteiger partial charge on any atom is -0.478 e. The zero-order chi connectivity index (χ0) is 22.7. The summed E-state index contributed by atoms with van der Waals surface area (Å²) < 4.78 is 46.8. The number of benzene rings is 3. The summed E-state index contributed by atoms with van der Waals surface area (Å²) in [7, 11) is 0. The van der Waals surface area contributed by atoms with Crippen LogP contribution in [-0.4, -0.2) is 28.6 Å². The highest BCUT2D eigenvalue weighted by Crippen LogP contribution is 2.40. The summed E-state index contributed by atoms with van der Waals surface area (Å²) in [5, 5.41) is 9.44. The molecule has 2 atom stereocenters. The molecule has 3 aromatic rings. The van der Waals surface area contributed by atoms with Gasteiger partial charge in [0.1, 0.15) is 0 Å². The van der Waals surface area contributed by atoms with Crippen molar-refractivity contribution in [2.24, 2.45) is 0 Å². The summed E-state index contributed by atoms with van der Waals surface area (Å²) in [4.78, 5) is 11.6. The fourth-order valence-corrected chi connectivity index (χ4v) is 4.22. The van der Waals surface area contributed by atoms with Gasteiger partial charge in [0, 0.05) is 0 Å². The lowest BCUT2D eigenvalue weighted by Crippen LogP contribution is -2.25. The maximum absolute atomic E-state index is 12.3. The van der Waals surface area contributed by atoms with Gasteiger partial charge in [0.2, 0.25) is 0 Å². The molecule has 3 aromatic carbocycles. The van der Waals surface area contributed by atoms with Crippen LogP contribution in [0.2, 0.25) is 0 Å². The monoisotopic (exact) mass is 460 g/mol. The fraction of sp³-hybridized carbons (Fsp3) is 0.0952. The van der Waals surface area contributed by atoms with Gasteiger partial charge in [-0.2, -0.15) is 0 Å². The molecule has 10 heteroatoms. The Morgan fingerprint density at radius 2 is 1.13 bits per heavy atom. The first-order chi connectivity index (χ1) is 14.7. The van der Waals surface area contributed by atoms with E-state index in [0.717, 1.165) is 19.7 Å². The highest BCUT2D eigenvalue weighted by molar-refractivity contribution is 7.81. The minimum atomic E-state index is -2.60. The molecular formula is C21H20N2O6S2. The van der Waals surface area contributed by atoms with E-state index in [1.165, 1.54) is 18.2 Å². The molecule has 2 unspecified atom stereocenters. The molecule has 0 heterocycles. The smallest absolute Gasteiger partial charge is 0.335 e. The normalized spacial score (nSPS) is 12.8. The first kappa shape index (κ1) is 22.6. The molecule has 0 aliphatic rings. The van der Waals surface area contributed by atoms with Gasteiger partial charge in [0.25, 0.3) is 22.5 Å². The maximum atomic E-state index is 12.3. The molecule has 0 aliphatic carbocycles. The van der Waals surface area contributed by atoms with Crippen LogP contribution in [0.4, 0.5) is 22.7 Å². The zero-order valence-corrected chi connectivity index (χ0v) is 18.3. The van der Waals surface area contributed by atoms with Gasteiger partial charge in [-0.05, 0) is 56.3 Å². The molecule has 0 aliphatic heterocycles. The zero-order valence-electron chi connectivity index (χ0n) is 16.6. The molecular weight excluding hydrogens is 440 g/mol. The number of nitrogens with zero attached hydrogens (tertiary/aromatic N) is 2. The summed E-state index contributed by atoms with van der Waals surface area (Å²) in [5.74, 6) is -1.24. The van der Waals surface area contributed by atoms with E-state index >= 15 is 0 Å². The highest BCUT2D eigenvalue weighted by atomic mass is 32.2. The van der Waals surface area contributed by atoms with E-state index in [0.29, 0.717) is 11.4 Å². The largest absolute Gasteiger partial charge is 0.478 e. The van der Waals surface area contributed by atoms with E-state index in [9.17, 15) is 27.4 Å². The Balaban J connectivity index is 2.28. The van der Waals surface area contributed by atoms with Crippen molar-refractivity contribution in [2.45, 2.75) is 13.8 Å². The first-order valence-corrected chi connectivity index (χ1v) is 11.1. The SMILES string of the molecule is Cc1ccc(N(c2ccc(C(=O)O)cc2N(c2ccc(C)cc2)S(=O)O)S(=O)O)cc1. The molecule has 0 radical (unpaired) electrons. The second-order valence-electron chi connectivity index (χ2n) is 6.73. The molecule has 0 spiro atoms. The molecule has 0 saturated heterocycles. The third-order valence-corrected chi connectivity index (χ3v) is 5.95. The van der Waals surface area contributed by atoms with E-state index in [1.807, 2.05) is 13.8 Å². The van der Waals surface area contributed by atoms with Gasteiger partial charge in [-0.1, -0.05) is 35.4 Å². The Kier molecular flexibility index (Phi) is 6.86. The average Bonchev–Trinajstić information content (AvgIpc) is 2.71. The van der Waals surface area contributed by atoms with E-state index < -0.39 is 28.5 Å². The predicted molar refractivity (Wildman–Crippen MR) is 122 cm³/mol. The second-order valence-corrected chi connectivity index (χ2v) is 8.38. The van der Waals surface area contributed by atoms with Crippen molar-refractivity contribution < 1.29 is 27.4 Å². The molecule has 3 N–H and O–H groups in total. The van der Waals surface area contributed by atoms with Crippen molar-refractivity contribution in [3.8, 4) is 0 Å². The molecule has 0 fully saturated rings. The van der Waals surface area contributed by atoms with Crippen molar-refractivity contribution in [3.05, 3.63) is 83.4 Å². The van der Waals surface area contributed by atoms with Crippen LogP contribution < -0.4 is 8.61 Å². The van der Waals surface area contributed by atoms with Crippen molar-refractivity contribution in [3.63, 3.8) is 0 Å². The summed E-state index contributed by atoms with van der Waals surface area (Å²) in [6, 6.07) is 17.2. The van der Waals surface area contributed by atoms with Crippen LogP contribution in [0.3, 0.4) is 0 Å². The number of aryl methyl sites for hydroxylation is 2. The average molecular weight is 461 g/mol. The van der Waals surface area contributed by atoms with E-state index in [1.54, 1.807) is 48.5 Å². The van der Waals surface area contributed by atoms with Gasteiger partial charge in [0.15, 0.2) is 0 Å². The number of anilines is 4. The van der Waals surface area contributed by atoms with Gasteiger partial charge in [-0.15, -0.1) is 0 Å². The number of hydrogen-bond acceptors (Lipinski definition) is 3. The molecule has 0 bridgehead atoms. The summed E-state index contributed by atoms with van der Waals surface area (Å²) in [6.45, 7) is 3.72. The van der Waals surface area contributed by atoms with E-state index in [4.69, 9.17) is 0 Å². The lowest BCUT2D eigenvalue weighted by molar-refractivity contribution is 0.0697. The Hall–Kier alpha value is -3.05. The van der Waals surface area contributed by atoms with Crippen LogP contribution in [0.15, 0.2) is 66.7 Å². The Bertz CT molecular complexity index is 1150. The van der Waals surface area contributed by atoms with Crippen LogP contribution >= 0.6 is 0 Å². The number of carbonyl (C=O) groups is 1. The molecule has 31 heavy (non-hydrogen) atoms. The van der Waals surface area contributed by atoms with Crippen molar-refractivity contribution in [1.29, 1.82) is 0 Å². The van der Waals surface area contributed by atoms with Crippen LogP contribution in [0.5, 0.6) is 0 Å². The molecule has 8 nitrogen and oxygen atoms in total. The number of hydrogen-bond donors (Lipinski definition) is 3. The van der Waals surface area contributed by atoms with Crippen LogP contribution in [-0.2, 0) is 22.5 Å². The second kappa shape index (κ2) is 9.40. The van der Waals surface area contributed by atoms with E-state index in [2.05, 4.69) is 0 Å². The molecule has 0 saturated carbocycles. The molecule has 0 aromatic heterocycles. The number of carboxylic acids is 1. The van der Waals surface area contributed by atoms with Crippen molar-refractivity contribution in [2.75, 3.05) is 8.61 Å². The van der Waals surface area contributed by atoms with Gasteiger partial charge in [0.05, 0.1) is 28.3 Å². The van der Waals surface area contributed by atoms with Crippen molar-refractivity contribution >= 4 is 51.3 Å². The summed E-state index contributed by atoms with van der Waals surface area (Å²) in [5.41, 5.74) is 2.43. The van der Waals surface area contributed by atoms with Crippen LogP contribution in [0.1, 0.15) is 21.5 Å². The summed E-state index contributed by atoms with van der Waals surface area (Å²) >= 11 is -5.15. The number of aromatic carboxylic acids is 1. The molecule has 3 rings (SSSR count). The van der Waals surface area contributed by atoms with Gasteiger partial charge < -0.3 is 5.11 Å². The standard InChI is InChI=1S/C21H20N2O6S2/c1-14-3-8-17(9-4-14)22(30(26)27)19-12-7-16(21(24)25)13-20(19)23(31(28)29)18-10-5-15(2)6-11-18/h3-13H,1-2H3,(H,24,25)(H,26,27)(H,28,29). The maximum Gasteiger partial charge on any atom is 0.335 e. The Labute approximate surface area is 184 Å². The number of carboxylic acid groups (broad SMARTS) is 1. The van der Waals surface area contributed by atoms with Crippen molar-refractivity contribution in [1.82, 2.24) is 0 Å². The third-order valence-electron chi connectivity index (χ3n) is 4.51. The number of rotatable bonds is 7. The first-order valence-electron chi connectivity index (χ1n) is 9.02. The quantitative estimate of drug-likeness (QED) is 0.445. The lowest BCUT2D eigenvalue weighted by atomic mass is 10.1. The fourth-order valence-electron chi connectivity index (χ4n) is 2.98. The Morgan fingerprint density at radius 1 is 0.710 bits per heavy atom. The van der Waals surface area contributed by atoms with Gasteiger partial charge in [-0.3, -0.25) is 9.11 Å². The lowest BCUT2D eigenvalue weighted by Gasteiger charge is -2.28. The topological polar surface area (TPSA) is 118 Å². The minimum absolute atomic E-state index is 0.0208. The third kappa shape index (κ3) is 5.00. The molecule has 0 amide bonds. The predicted octanol–water partition coefficient (Wildman–Crippen LogP) is 4.55. The van der Waals surface area contributed by atoms with Gasteiger partial charge in [-0.25, -0.2) is 21.8 Å². The van der Waals surface area contributed by atoms with E-state index in [-0.39, 0.29) is 16.9 Å². The van der Waals surface area contributed by atoms with Gasteiger partial charge >= 0.3 is 5.97 Å². The molecule has 162 valence electrons. The highest BCUT2D eigenvalue weighted by Gasteiger charge is 2.26.